The number of hydrogen-bond donors (Lipinski definition) is 2. The molecule has 5 nitrogen and oxygen atoms in total. The number of phenolic OH excluding ortho intramolecular Hbond substituents is 1. The fourth-order valence-corrected chi connectivity index (χ4v) is 3.03. The Hall–Kier alpha value is -2.69. The number of carbonyl (C=O) groups is 1. The molecule has 0 saturated heterocycles. The van der Waals surface area contributed by atoms with Gasteiger partial charge in [0.1, 0.15) is 5.75 Å². The highest BCUT2D eigenvalue weighted by Gasteiger charge is 2.09. The van der Waals surface area contributed by atoms with Crippen LogP contribution in [-0.2, 0) is 24.1 Å². The number of phenols is 1. The second-order valence-corrected chi connectivity index (χ2v) is 6.90. The Morgan fingerprint density at radius 3 is 2.39 bits per heavy atom. The number of hydrogen-bond acceptors (Lipinski definition) is 4. The van der Waals surface area contributed by atoms with Crippen LogP contribution in [0.1, 0.15) is 49.3 Å². The van der Waals surface area contributed by atoms with Gasteiger partial charge in [-0.15, -0.1) is 0 Å². The number of unbranched alkanes of at least 4 members (excludes halogenated alkanes) is 1. The average Bonchev–Trinajstić information content (AvgIpc) is 2.69. The minimum atomic E-state index is -0.790. The van der Waals surface area contributed by atoms with E-state index < -0.39 is 5.97 Å². The second-order valence-electron chi connectivity index (χ2n) is 6.90. The Labute approximate surface area is 166 Å². The fraction of sp³-hybridized carbons (Fsp3) is 0.435. The summed E-state index contributed by atoms with van der Waals surface area (Å²) in [4.78, 5) is 10.8. The predicted octanol–water partition coefficient (Wildman–Crippen LogP) is 4.77. The topological polar surface area (TPSA) is 76.0 Å². The van der Waals surface area contributed by atoms with Crippen molar-refractivity contribution in [2.45, 2.75) is 51.9 Å². The lowest BCUT2D eigenvalue weighted by Crippen LogP contribution is -2.03. The Bertz CT molecular complexity index is 770. The van der Waals surface area contributed by atoms with E-state index in [1.807, 2.05) is 24.3 Å². The van der Waals surface area contributed by atoms with Gasteiger partial charge in [-0.05, 0) is 67.0 Å². The van der Waals surface area contributed by atoms with Crippen molar-refractivity contribution in [1.82, 2.24) is 0 Å². The van der Waals surface area contributed by atoms with Gasteiger partial charge < -0.3 is 19.7 Å². The van der Waals surface area contributed by atoms with E-state index in [-0.39, 0.29) is 12.2 Å². The van der Waals surface area contributed by atoms with E-state index in [1.165, 1.54) is 0 Å². The van der Waals surface area contributed by atoms with Crippen LogP contribution in [-0.4, -0.2) is 29.9 Å². The van der Waals surface area contributed by atoms with Crippen LogP contribution in [0.3, 0.4) is 0 Å². The molecule has 152 valence electrons. The number of aromatic hydroxyl groups is 1. The summed E-state index contributed by atoms with van der Waals surface area (Å²) >= 11 is 0. The van der Waals surface area contributed by atoms with Gasteiger partial charge in [0.25, 0.3) is 0 Å². The number of rotatable bonds is 12. The van der Waals surface area contributed by atoms with E-state index in [1.54, 1.807) is 13.2 Å². The third-order valence-corrected chi connectivity index (χ3v) is 4.67. The quantitative estimate of drug-likeness (QED) is 0.514. The maximum Gasteiger partial charge on any atom is 0.303 e. The predicted molar refractivity (Wildman–Crippen MR) is 109 cm³/mol. The van der Waals surface area contributed by atoms with Crippen molar-refractivity contribution >= 4 is 5.97 Å². The summed E-state index contributed by atoms with van der Waals surface area (Å²) in [5.41, 5.74) is 3.24. The Morgan fingerprint density at radius 1 is 0.964 bits per heavy atom. The normalized spacial score (nSPS) is 10.6. The van der Waals surface area contributed by atoms with E-state index in [4.69, 9.17) is 14.6 Å². The maximum atomic E-state index is 10.8. The molecule has 0 atom stereocenters. The van der Waals surface area contributed by atoms with Crippen LogP contribution in [0.4, 0.5) is 0 Å². The molecule has 0 heterocycles. The molecule has 28 heavy (non-hydrogen) atoms. The Kier molecular flexibility index (Phi) is 8.66. The van der Waals surface area contributed by atoms with Crippen molar-refractivity contribution in [1.29, 1.82) is 0 Å². The van der Waals surface area contributed by atoms with Crippen LogP contribution in [0.15, 0.2) is 36.4 Å². The molecule has 0 bridgehead atoms. The highest BCUT2D eigenvalue weighted by Crippen LogP contribution is 2.28. The monoisotopic (exact) mass is 386 g/mol. The van der Waals surface area contributed by atoms with Crippen LogP contribution in [0.2, 0.25) is 0 Å². The van der Waals surface area contributed by atoms with Gasteiger partial charge in [-0.25, -0.2) is 0 Å². The highest BCUT2D eigenvalue weighted by molar-refractivity contribution is 5.67. The number of benzene rings is 2. The molecule has 2 rings (SSSR count). The molecule has 0 amide bonds. The number of aryl methyl sites for hydroxylation is 3. The van der Waals surface area contributed by atoms with Crippen LogP contribution in [0, 0.1) is 0 Å². The molecule has 0 aliphatic heterocycles. The van der Waals surface area contributed by atoms with Crippen LogP contribution in [0.25, 0.3) is 0 Å². The SMILES string of the molecule is CCCCOc1cc(CCC(=O)O)ccc1CCCc1ccc(O)c(OC)c1. The summed E-state index contributed by atoms with van der Waals surface area (Å²) in [6.07, 6.45) is 5.36. The Balaban J connectivity index is 2.02. The van der Waals surface area contributed by atoms with Gasteiger partial charge in [-0.1, -0.05) is 31.5 Å². The van der Waals surface area contributed by atoms with Gasteiger partial charge in [0.15, 0.2) is 11.5 Å². The lowest BCUT2D eigenvalue weighted by molar-refractivity contribution is -0.136. The van der Waals surface area contributed by atoms with Gasteiger partial charge in [-0.2, -0.15) is 0 Å². The molecule has 2 aromatic rings. The zero-order valence-electron chi connectivity index (χ0n) is 16.7. The maximum absolute atomic E-state index is 10.8. The summed E-state index contributed by atoms with van der Waals surface area (Å²) in [7, 11) is 1.55. The van der Waals surface area contributed by atoms with E-state index in [2.05, 4.69) is 13.0 Å². The zero-order chi connectivity index (χ0) is 20.4. The molecule has 2 N–H and O–H groups in total. The summed E-state index contributed by atoms with van der Waals surface area (Å²) in [5.74, 6) is 0.708. The average molecular weight is 386 g/mol. The van der Waals surface area contributed by atoms with Crippen molar-refractivity contribution in [2.24, 2.45) is 0 Å². The van der Waals surface area contributed by atoms with Crippen LogP contribution in [0.5, 0.6) is 17.2 Å². The first-order valence-electron chi connectivity index (χ1n) is 9.85. The molecule has 0 radical (unpaired) electrons. The first-order chi connectivity index (χ1) is 13.5. The van der Waals surface area contributed by atoms with Crippen molar-refractivity contribution in [2.75, 3.05) is 13.7 Å². The van der Waals surface area contributed by atoms with Crippen molar-refractivity contribution in [3.8, 4) is 17.2 Å². The minimum absolute atomic E-state index is 0.121. The van der Waals surface area contributed by atoms with Crippen LogP contribution < -0.4 is 9.47 Å². The molecule has 0 aliphatic rings. The van der Waals surface area contributed by atoms with E-state index in [0.717, 1.165) is 54.5 Å². The molecule has 0 saturated carbocycles. The highest BCUT2D eigenvalue weighted by atomic mass is 16.5. The molecular formula is C23H30O5. The molecule has 0 spiro atoms. The number of carboxylic acids is 1. The first kappa shape index (κ1) is 21.6. The molecule has 0 unspecified atom stereocenters. The third-order valence-electron chi connectivity index (χ3n) is 4.67. The van der Waals surface area contributed by atoms with E-state index in [0.29, 0.717) is 18.8 Å². The number of methoxy groups -OCH3 is 1. The number of aliphatic carboxylic acids is 1. The molecule has 2 aromatic carbocycles. The van der Waals surface area contributed by atoms with Crippen molar-refractivity contribution in [3.63, 3.8) is 0 Å². The zero-order valence-corrected chi connectivity index (χ0v) is 16.7. The summed E-state index contributed by atoms with van der Waals surface area (Å²) in [6, 6.07) is 11.5. The lowest BCUT2D eigenvalue weighted by Gasteiger charge is -2.13. The van der Waals surface area contributed by atoms with Crippen LogP contribution >= 0.6 is 0 Å². The molecule has 5 heteroatoms. The van der Waals surface area contributed by atoms with Gasteiger partial charge >= 0.3 is 5.97 Å². The Morgan fingerprint density at radius 2 is 1.68 bits per heavy atom. The molecular weight excluding hydrogens is 356 g/mol. The van der Waals surface area contributed by atoms with E-state index >= 15 is 0 Å². The summed E-state index contributed by atoms with van der Waals surface area (Å²) < 4.78 is 11.1. The molecule has 0 aromatic heterocycles. The third kappa shape index (κ3) is 6.80. The standard InChI is InChI=1S/C23H30O5/c1-3-4-14-28-21-15-18(10-13-23(25)26)8-11-19(21)7-5-6-17-9-12-20(24)22(16-17)27-2/h8-9,11-12,15-16,24H,3-7,10,13-14H2,1-2H3,(H,25,26). The summed E-state index contributed by atoms with van der Waals surface area (Å²) in [5, 5.41) is 18.6. The van der Waals surface area contributed by atoms with Gasteiger partial charge in [0.2, 0.25) is 0 Å². The molecule has 0 fully saturated rings. The van der Waals surface area contributed by atoms with Gasteiger partial charge in [-0.3, -0.25) is 4.79 Å². The van der Waals surface area contributed by atoms with Gasteiger partial charge in [0.05, 0.1) is 13.7 Å². The largest absolute Gasteiger partial charge is 0.504 e. The number of carboxylic acid groups (broad SMARTS) is 1. The van der Waals surface area contributed by atoms with Gasteiger partial charge in [0, 0.05) is 6.42 Å². The molecule has 0 aliphatic carbocycles. The van der Waals surface area contributed by atoms with E-state index in [9.17, 15) is 9.90 Å². The first-order valence-corrected chi connectivity index (χ1v) is 9.85. The minimum Gasteiger partial charge on any atom is -0.504 e. The fourth-order valence-electron chi connectivity index (χ4n) is 3.03. The second kappa shape index (κ2) is 11.2. The lowest BCUT2D eigenvalue weighted by atomic mass is 10.0. The smallest absolute Gasteiger partial charge is 0.303 e. The van der Waals surface area contributed by atoms with Crippen molar-refractivity contribution in [3.05, 3.63) is 53.1 Å². The number of ether oxygens (including phenoxy) is 2. The summed E-state index contributed by atoms with van der Waals surface area (Å²) in [6.45, 7) is 2.79. The van der Waals surface area contributed by atoms with Crippen molar-refractivity contribution < 1.29 is 24.5 Å².